The van der Waals surface area contributed by atoms with Crippen molar-refractivity contribution in [3.63, 3.8) is 0 Å². The lowest BCUT2D eigenvalue weighted by Crippen LogP contribution is -2.40. The van der Waals surface area contributed by atoms with Gasteiger partial charge in [-0.05, 0) is 13.3 Å². The first kappa shape index (κ1) is 14.9. The molecule has 1 amide bonds. The first-order valence-electron chi connectivity index (χ1n) is 5.53. The second kappa shape index (κ2) is 5.66. The number of carboxylic acids is 1. The van der Waals surface area contributed by atoms with Crippen LogP contribution in [0, 0.1) is 0 Å². The molecular formula is C10H17NO6S. The molecule has 1 N–H and O–H groups in total. The van der Waals surface area contributed by atoms with Crippen LogP contribution in [0.5, 0.6) is 0 Å². The van der Waals surface area contributed by atoms with E-state index in [1.54, 1.807) is 0 Å². The maximum Gasteiger partial charge on any atom is 0.332 e. The molecule has 1 unspecified atom stereocenters. The van der Waals surface area contributed by atoms with E-state index in [9.17, 15) is 18.0 Å². The van der Waals surface area contributed by atoms with Crippen molar-refractivity contribution in [3.8, 4) is 0 Å². The summed E-state index contributed by atoms with van der Waals surface area (Å²) in [6.45, 7) is 0.968. The second-order valence-electron chi connectivity index (χ2n) is 4.35. The van der Waals surface area contributed by atoms with Gasteiger partial charge in [0.05, 0.1) is 11.5 Å². The zero-order valence-electron chi connectivity index (χ0n) is 10.3. The SMILES string of the molecule is C[C@H](OCC(=O)N(C)C1CCS(=O)(=O)C1)C(=O)O. The number of carbonyl (C=O) groups is 2. The van der Waals surface area contributed by atoms with E-state index in [0.29, 0.717) is 6.42 Å². The summed E-state index contributed by atoms with van der Waals surface area (Å²) < 4.78 is 27.4. The molecule has 1 fully saturated rings. The van der Waals surface area contributed by atoms with E-state index in [1.165, 1.54) is 18.9 Å². The number of carbonyl (C=O) groups excluding carboxylic acids is 1. The Balaban J connectivity index is 2.45. The summed E-state index contributed by atoms with van der Waals surface area (Å²) in [5, 5.41) is 8.58. The van der Waals surface area contributed by atoms with E-state index in [4.69, 9.17) is 9.84 Å². The van der Waals surface area contributed by atoms with E-state index < -0.39 is 27.8 Å². The molecule has 0 aromatic heterocycles. The molecule has 0 aromatic rings. The number of rotatable bonds is 5. The molecule has 0 aliphatic carbocycles. The number of hydrogen-bond donors (Lipinski definition) is 1. The Kier molecular flexibility index (Phi) is 4.69. The number of carboxylic acid groups (broad SMARTS) is 1. The molecule has 8 heteroatoms. The highest BCUT2D eigenvalue weighted by Crippen LogP contribution is 2.16. The lowest BCUT2D eigenvalue weighted by Gasteiger charge is -2.23. The van der Waals surface area contributed by atoms with Crippen molar-refractivity contribution >= 4 is 21.7 Å². The number of aliphatic carboxylic acids is 1. The summed E-state index contributed by atoms with van der Waals surface area (Å²) in [7, 11) is -1.54. The van der Waals surface area contributed by atoms with Gasteiger partial charge in [0.25, 0.3) is 0 Å². The number of nitrogens with zero attached hydrogens (tertiary/aromatic N) is 1. The van der Waals surface area contributed by atoms with Gasteiger partial charge >= 0.3 is 5.97 Å². The van der Waals surface area contributed by atoms with Crippen LogP contribution in [-0.4, -0.2) is 67.6 Å². The van der Waals surface area contributed by atoms with E-state index in [2.05, 4.69) is 0 Å². The summed E-state index contributed by atoms with van der Waals surface area (Å²) in [5.41, 5.74) is 0. The number of hydrogen-bond acceptors (Lipinski definition) is 5. The van der Waals surface area contributed by atoms with Gasteiger partial charge in [-0.1, -0.05) is 0 Å². The maximum absolute atomic E-state index is 11.7. The van der Waals surface area contributed by atoms with Crippen molar-refractivity contribution in [2.75, 3.05) is 25.2 Å². The Bertz CT molecular complexity index is 432. The number of ether oxygens (including phenoxy) is 1. The normalized spacial score (nSPS) is 23.6. The molecule has 0 bridgehead atoms. The van der Waals surface area contributed by atoms with Crippen molar-refractivity contribution in [3.05, 3.63) is 0 Å². The van der Waals surface area contributed by atoms with Gasteiger partial charge in [0.2, 0.25) is 5.91 Å². The molecule has 104 valence electrons. The minimum absolute atomic E-state index is 0.0380. The third kappa shape index (κ3) is 3.95. The van der Waals surface area contributed by atoms with Crippen molar-refractivity contribution < 1.29 is 27.9 Å². The highest BCUT2D eigenvalue weighted by atomic mass is 32.2. The topological polar surface area (TPSA) is 101 Å². The van der Waals surface area contributed by atoms with Gasteiger partial charge in [-0.25, -0.2) is 13.2 Å². The molecule has 1 heterocycles. The molecule has 0 spiro atoms. The van der Waals surface area contributed by atoms with E-state index in [-0.39, 0.29) is 24.2 Å². The molecule has 1 saturated heterocycles. The van der Waals surface area contributed by atoms with Crippen LogP contribution in [0.1, 0.15) is 13.3 Å². The minimum atomic E-state index is -3.05. The third-order valence-electron chi connectivity index (χ3n) is 2.95. The van der Waals surface area contributed by atoms with Gasteiger partial charge in [-0.15, -0.1) is 0 Å². The van der Waals surface area contributed by atoms with E-state index in [1.807, 2.05) is 0 Å². The molecule has 2 atom stereocenters. The summed E-state index contributed by atoms with van der Waals surface area (Å²) in [4.78, 5) is 23.5. The van der Waals surface area contributed by atoms with E-state index in [0.717, 1.165) is 0 Å². The van der Waals surface area contributed by atoms with Gasteiger partial charge in [0.1, 0.15) is 6.61 Å². The summed E-state index contributed by atoms with van der Waals surface area (Å²) in [6, 6.07) is -0.341. The van der Waals surface area contributed by atoms with Gasteiger partial charge in [-0.3, -0.25) is 4.79 Å². The second-order valence-corrected chi connectivity index (χ2v) is 6.58. The van der Waals surface area contributed by atoms with Crippen LogP contribution < -0.4 is 0 Å². The molecule has 0 radical (unpaired) electrons. The van der Waals surface area contributed by atoms with Crippen LogP contribution in [0.25, 0.3) is 0 Å². The fourth-order valence-electron chi connectivity index (χ4n) is 1.65. The van der Waals surface area contributed by atoms with Gasteiger partial charge < -0.3 is 14.7 Å². The maximum atomic E-state index is 11.7. The standard InChI is InChI=1S/C10H17NO6S/c1-7(10(13)14)17-5-9(12)11(2)8-3-4-18(15,16)6-8/h7-8H,3-6H2,1-2H3,(H,13,14)/t7-,8?/m0/s1. The monoisotopic (exact) mass is 279 g/mol. The predicted molar refractivity (Wildman–Crippen MR) is 62.9 cm³/mol. The zero-order chi connectivity index (χ0) is 13.9. The Labute approximate surface area is 106 Å². The number of sulfone groups is 1. The molecule has 7 nitrogen and oxygen atoms in total. The molecule has 0 saturated carbocycles. The average molecular weight is 279 g/mol. The molecule has 1 rings (SSSR count). The van der Waals surface area contributed by atoms with Crippen LogP contribution in [0.15, 0.2) is 0 Å². The van der Waals surface area contributed by atoms with Gasteiger partial charge in [-0.2, -0.15) is 0 Å². The van der Waals surface area contributed by atoms with Crippen LogP contribution in [0.2, 0.25) is 0 Å². The largest absolute Gasteiger partial charge is 0.479 e. The lowest BCUT2D eigenvalue weighted by molar-refractivity contribution is -0.153. The smallest absolute Gasteiger partial charge is 0.332 e. The summed E-state index contributed by atoms with van der Waals surface area (Å²) in [6.07, 6.45) is -0.645. The minimum Gasteiger partial charge on any atom is -0.479 e. The molecule has 18 heavy (non-hydrogen) atoms. The van der Waals surface area contributed by atoms with Crippen LogP contribution >= 0.6 is 0 Å². The lowest BCUT2D eigenvalue weighted by atomic mass is 10.2. The van der Waals surface area contributed by atoms with Crippen molar-refractivity contribution in [1.82, 2.24) is 4.90 Å². The Morgan fingerprint density at radius 2 is 2.11 bits per heavy atom. The van der Waals surface area contributed by atoms with Crippen LogP contribution in [0.4, 0.5) is 0 Å². The highest BCUT2D eigenvalue weighted by molar-refractivity contribution is 7.91. The van der Waals surface area contributed by atoms with Gasteiger partial charge in [0, 0.05) is 13.1 Å². The van der Waals surface area contributed by atoms with Crippen molar-refractivity contribution in [2.24, 2.45) is 0 Å². The molecule has 1 aliphatic rings. The highest BCUT2D eigenvalue weighted by Gasteiger charge is 2.32. The molecule has 0 aromatic carbocycles. The quantitative estimate of drug-likeness (QED) is 0.701. The zero-order valence-corrected chi connectivity index (χ0v) is 11.1. The number of likely N-dealkylation sites (N-methyl/N-ethyl adjacent to an activating group) is 1. The average Bonchev–Trinajstić information content (AvgIpc) is 2.64. The predicted octanol–water partition coefficient (Wildman–Crippen LogP) is -0.878. The fourth-order valence-corrected chi connectivity index (χ4v) is 3.43. The van der Waals surface area contributed by atoms with Crippen LogP contribution in [0.3, 0.4) is 0 Å². The van der Waals surface area contributed by atoms with E-state index >= 15 is 0 Å². The third-order valence-corrected chi connectivity index (χ3v) is 4.70. The Morgan fingerprint density at radius 1 is 1.50 bits per heavy atom. The number of amides is 1. The Morgan fingerprint density at radius 3 is 2.56 bits per heavy atom. The summed E-state index contributed by atoms with van der Waals surface area (Å²) >= 11 is 0. The first-order valence-corrected chi connectivity index (χ1v) is 7.35. The Hall–Kier alpha value is -1.15. The van der Waals surface area contributed by atoms with Crippen LogP contribution in [-0.2, 0) is 24.2 Å². The van der Waals surface area contributed by atoms with Crippen molar-refractivity contribution in [2.45, 2.75) is 25.5 Å². The van der Waals surface area contributed by atoms with Gasteiger partial charge in [0.15, 0.2) is 15.9 Å². The molecule has 1 aliphatic heterocycles. The molecular weight excluding hydrogens is 262 g/mol. The summed E-state index contributed by atoms with van der Waals surface area (Å²) in [5.74, 6) is -1.51. The first-order chi connectivity index (χ1) is 8.23. The van der Waals surface area contributed by atoms with Crippen molar-refractivity contribution in [1.29, 1.82) is 0 Å². The fraction of sp³-hybridized carbons (Fsp3) is 0.800.